The second-order valence-corrected chi connectivity index (χ2v) is 6.02. The van der Waals surface area contributed by atoms with Gasteiger partial charge in [-0.2, -0.15) is 0 Å². The molecule has 2 rings (SSSR count). The lowest BCUT2D eigenvalue weighted by Gasteiger charge is -2.18. The van der Waals surface area contributed by atoms with Crippen molar-refractivity contribution in [1.82, 2.24) is 5.32 Å². The molecule has 0 saturated heterocycles. The van der Waals surface area contributed by atoms with Gasteiger partial charge in [-0.05, 0) is 47.9 Å². The fourth-order valence-electron chi connectivity index (χ4n) is 2.15. The first-order valence-corrected chi connectivity index (χ1v) is 7.69. The summed E-state index contributed by atoms with van der Waals surface area (Å²) in [6.07, 6.45) is 0.963. The van der Waals surface area contributed by atoms with E-state index in [0.29, 0.717) is 11.6 Å². The lowest BCUT2D eigenvalue weighted by atomic mass is 10.0. The second kappa shape index (κ2) is 7.21. The number of hydrogen-bond donors (Lipinski definition) is 1. The van der Waals surface area contributed by atoms with E-state index in [9.17, 15) is 4.39 Å². The van der Waals surface area contributed by atoms with Crippen molar-refractivity contribution in [3.63, 3.8) is 0 Å². The molecule has 0 spiro atoms. The molecule has 0 heterocycles. The molecule has 1 N–H and O–H groups in total. The molecule has 1 nitrogen and oxygen atoms in total. The minimum atomic E-state index is -0.300. The first-order valence-electron chi connectivity index (χ1n) is 6.52. The summed E-state index contributed by atoms with van der Waals surface area (Å²) < 4.78 is 14.3. The molecule has 1 unspecified atom stereocenters. The highest BCUT2D eigenvalue weighted by molar-refractivity contribution is 9.10. The Kier molecular flexibility index (Phi) is 5.58. The van der Waals surface area contributed by atoms with Crippen molar-refractivity contribution in [1.29, 1.82) is 0 Å². The van der Waals surface area contributed by atoms with E-state index in [2.05, 4.69) is 40.3 Å². The normalized spacial score (nSPS) is 12.4. The summed E-state index contributed by atoms with van der Waals surface area (Å²) in [7, 11) is 0. The monoisotopic (exact) mass is 355 g/mol. The van der Waals surface area contributed by atoms with Crippen molar-refractivity contribution in [3.05, 3.63) is 68.9 Å². The van der Waals surface area contributed by atoms with Crippen LogP contribution in [0.4, 0.5) is 4.39 Å². The number of benzene rings is 2. The summed E-state index contributed by atoms with van der Waals surface area (Å²) >= 11 is 9.29. The van der Waals surface area contributed by atoms with E-state index < -0.39 is 0 Å². The number of nitrogens with one attached hydrogen (secondary N) is 1. The number of hydrogen-bond acceptors (Lipinski definition) is 1. The first-order chi connectivity index (χ1) is 9.58. The third-order valence-electron chi connectivity index (χ3n) is 3.16. The van der Waals surface area contributed by atoms with Crippen molar-refractivity contribution in [2.75, 3.05) is 0 Å². The lowest BCUT2D eigenvalue weighted by Crippen LogP contribution is -2.20. The van der Waals surface area contributed by atoms with Gasteiger partial charge in [0.15, 0.2) is 0 Å². The van der Waals surface area contributed by atoms with Crippen molar-refractivity contribution in [2.45, 2.75) is 25.9 Å². The van der Waals surface area contributed by atoms with Gasteiger partial charge in [-0.15, -0.1) is 0 Å². The molecule has 0 aliphatic heterocycles. The van der Waals surface area contributed by atoms with Gasteiger partial charge in [0.1, 0.15) is 5.82 Å². The summed E-state index contributed by atoms with van der Waals surface area (Å²) in [6, 6.07) is 13.1. The van der Waals surface area contributed by atoms with Gasteiger partial charge in [-0.3, -0.25) is 0 Å². The van der Waals surface area contributed by atoms with Gasteiger partial charge in [0, 0.05) is 22.1 Å². The zero-order valence-corrected chi connectivity index (χ0v) is 13.5. The van der Waals surface area contributed by atoms with Crippen molar-refractivity contribution >= 4 is 27.5 Å². The van der Waals surface area contributed by atoms with Crippen molar-refractivity contribution < 1.29 is 4.39 Å². The highest BCUT2D eigenvalue weighted by Crippen LogP contribution is 2.21. The summed E-state index contributed by atoms with van der Waals surface area (Å²) in [4.78, 5) is 0. The van der Waals surface area contributed by atoms with E-state index in [1.165, 1.54) is 17.7 Å². The van der Waals surface area contributed by atoms with Crippen LogP contribution < -0.4 is 5.32 Å². The van der Waals surface area contributed by atoms with Crippen LogP contribution in [0.3, 0.4) is 0 Å². The highest BCUT2D eigenvalue weighted by Gasteiger charge is 2.09. The molecule has 0 bridgehead atoms. The SMILES string of the molecule is CCC(NCc1cc(F)cc(Cl)c1)c1ccc(Br)cc1. The Bertz CT molecular complexity index is 551. The van der Waals surface area contributed by atoms with Gasteiger partial charge in [0.05, 0.1) is 0 Å². The molecular weight excluding hydrogens is 341 g/mol. The standard InChI is InChI=1S/C16H16BrClFN/c1-2-16(12-3-5-13(17)6-4-12)20-10-11-7-14(18)9-15(19)8-11/h3-9,16,20H,2,10H2,1H3. The second-order valence-electron chi connectivity index (χ2n) is 4.67. The lowest BCUT2D eigenvalue weighted by molar-refractivity contribution is 0.517. The molecular formula is C16H16BrClFN. The van der Waals surface area contributed by atoms with Crippen LogP contribution in [0.2, 0.25) is 5.02 Å². The molecule has 20 heavy (non-hydrogen) atoms. The molecule has 0 saturated carbocycles. The quantitative estimate of drug-likeness (QED) is 0.747. The van der Waals surface area contributed by atoms with Crippen LogP contribution in [0.15, 0.2) is 46.9 Å². The van der Waals surface area contributed by atoms with Crippen LogP contribution in [-0.4, -0.2) is 0 Å². The maximum atomic E-state index is 13.3. The average Bonchev–Trinajstić information content (AvgIpc) is 2.40. The zero-order chi connectivity index (χ0) is 14.5. The predicted octanol–water partition coefficient (Wildman–Crippen LogP) is 5.48. The van der Waals surface area contributed by atoms with E-state index in [4.69, 9.17) is 11.6 Å². The molecule has 2 aromatic rings. The third-order valence-corrected chi connectivity index (χ3v) is 3.90. The van der Waals surface area contributed by atoms with Gasteiger partial charge < -0.3 is 5.32 Å². The maximum absolute atomic E-state index is 13.3. The fourth-order valence-corrected chi connectivity index (χ4v) is 2.66. The minimum absolute atomic E-state index is 0.241. The minimum Gasteiger partial charge on any atom is -0.306 e. The third kappa shape index (κ3) is 4.30. The van der Waals surface area contributed by atoms with Crippen LogP contribution >= 0.6 is 27.5 Å². The Labute approximate surface area is 132 Å². The van der Waals surface area contributed by atoms with Crippen LogP contribution in [-0.2, 0) is 6.54 Å². The molecule has 2 aromatic carbocycles. The molecule has 0 aromatic heterocycles. The summed E-state index contributed by atoms with van der Waals surface area (Å²) in [5.41, 5.74) is 2.07. The van der Waals surface area contributed by atoms with Crippen LogP contribution in [0.25, 0.3) is 0 Å². The van der Waals surface area contributed by atoms with E-state index in [1.54, 1.807) is 6.07 Å². The smallest absolute Gasteiger partial charge is 0.125 e. The molecule has 106 valence electrons. The maximum Gasteiger partial charge on any atom is 0.125 e. The Hall–Kier alpha value is -0.900. The molecule has 0 aliphatic carbocycles. The molecule has 0 aliphatic rings. The van der Waals surface area contributed by atoms with Gasteiger partial charge in [-0.1, -0.05) is 46.6 Å². The van der Waals surface area contributed by atoms with Gasteiger partial charge in [-0.25, -0.2) is 4.39 Å². The van der Waals surface area contributed by atoms with E-state index >= 15 is 0 Å². The van der Waals surface area contributed by atoms with E-state index in [1.807, 2.05) is 12.1 Å². The van der Waals surface area contributed by atoms with Crippen molar-refractivity contribution in [2.24, 2.45) is 0 Å². The largest absolute Gasteiger partial charge is 0.306 e. The number of halogens is 3. The first kappa shape index (κ1) is 15.5. The van der Waals surface area contributed by atoms with Crippen LogP contribution in [0.1, 0.15) is 30.5 Å². The summed E-state index contributed by atoms with van der Waals surface area (Å²) in [5.74, 6) is -0.300. The molecule has 1 atom stereocenters. The Morgan fingerprint density at radius 1 is 1.20 bits per heavy atom. The topological polar surface area (TPSA) is 12.0 Å². The number of rotatable bonds is 5. The summed E-state index contributed by atoms with van der Waals surface area (Å²) in [6.45, 7) is 2.71. The highest BCUT2D eigenvalue weighted by atomic mass is 79.9. The van der Waals surface area contributed by atoms with Crippen LogP contribution in [0.5, 0.6) is 0 Å². The molecule has 0 amide bonds. The van der Waals surface area contributed by atoms with Gasteiger partial charge in [0.2, 0.25) is 0 Å². The molecule has 4 heteroatoms. The zero-order valence-electron chi connectivity index (χ0n) is 11.2. The Morgan fingerprint density at radius 3 is 2.50 bits per heavy atom. The molecule has 0 radical (unpaired) electrons. The van der Waals surface area contributed by atoms with Crippen molar-refractivity contribution in [3.8, 4) is 0 Å². The van der Waals surface area contributed by atoms with Gasteiger partial charge >= 0.3 is 0 Å². The van der Waals surface area contributed by atoms with E-state index in [-0.39, 0.29) is 11.9 Å². The average molecular weight is 357 g/mol. The fraction of sp³-hybridized carbons (Fsp3) is 0.250. The summed E-state index contributed by atoms with van der Waals surface area (Å²) in [5, 5.41) is 3.86. The van der Waals surface area contributed by atoms with E-state index in [0.717, 1.165) is 16.5 Å². The predicted molar refractivity (Wildman–Crippen MR) is 85.4 cm³/mol. The molecule has 0 fully saturated rings. The Morgan fingerprint density at radius 2 is 1.90 bits per heavy atom. The van der Waals surface area contributed by atoms with Crippen LogP contribution in [0, 0.1) is 5.82 Å². The van der Waals surface area contributed by atoms with Gasteiger partial charge in [0.25, 0.3) is 0 Å². The Balaban J connectivity index is 2.05.